The van der Waals surface area contributed by atoms with Crippen LogP contribution < -0.4 is 5.32 Å². The minimum absolute atomic E-state index is 0.241. The molecule has 1 aromatic carbocycles. The Morgan fingerprint density at radius 3 is 2.50 bits per heavy atom. The Balaban J connectivity index is 2.38. The summed E-state index contributed by atoms with van der Waals surface area (Å²) in [5, 5.41) is 11.9. The van der Waals surface area contributed by atoms with Gasteiger partial charge in [0.05, 0.1) is 0 Å². The van der Waals surface area contributed by atoms with E-state index in [-0.39, 0.29) is 6.42 Å². The number of carboxylic acid groups (broad SMARTS) is 1. The van der Waals surface area contributed by atoms with Crippen LogP contribution in [0.1, 0.15) is 38.2 Å². The minimum atomic E-state index is -0.722. The van der Waals surface area contributed by atoms with Gasteiger partial charge in [-0.25, -0.2) is 0 Å². The van der Waals surface area contributed by atoms with E-state index < -0.39 is 5.97 Å². The fourth-order valence-corrected chi connectivity index (χ4v) is 2.06. The molecular formula is C15H23NO2. The molecule has 0 saturated heterocycles. The van der Waals surface area contributed by atoms with Crippen molar-refractivity contribution in [1.29, 1.82) is 0 Å². The van der Waals surface area contributed by atoms with Crippen molar-refractivity contribution in [2.75, 3.05) is 13.1 Å². The topological polar surface area (TPSA) is 49.3 Å². The zero-order valence-corrected chi connectivity index (χ0v) is 11.2. The van der Waals surface area contributed by atoms with E-state index in [0.29, 0.717) is 18.3 Å². The van der Waals surface area contributed by atoms with Crippen LogP contribution in [-0.4, -0.2) is 24.2 Å². The van der Waals surface area contributed by atoms with Crippen molar-refractivity contribution in [2.45, 2.75) is 32.6 Å². The molecule has 2 N–H and O–H groups in total. The van der Waals surface area contributed by atoms with E-state index in [0.717, 1.165) is 13.1 Å². The third-order valence-corrected chi connectivity index (χ3v) is 3.14. The van der Waals surface area contributed by atoms with Crippen LogP contribution in [0.4, 0.5) is 0 Å². The van der Waals surface area contributed by atoms with Crippen LogP contribution in [0, 0.1) is 5.92 Å². The van der Waals surface area contributed by atoms with Gasteiger partial charge in [0.1, 0.15) is 0 Å². The smallest absolute Gasteiger partial charge is 0.303 e. The SMILES string of the molecule is CC(C)C(CNCCCC(=O)O)c1ccccc1. The van der Waals surface area contributed by atoms with Gasteiger partial charge in [0, 0.05) is 13.0 Å². The van der Waals surface area contributed by atoms with E-state index in [4.69, 9.17) is 5.11 Å². The highest BCUT2D eigenvalue weighted by atomic mass is 16.4. The average molecular weight is 249 g/mol. The largest absolute Gasteiger partial charge is 0.481 e. The highest BCUT2D eigenvalue weighted by Gasteiger charge is 2.14. The van der Waals surface area contributed by atoms with E-state index in [1.54, 1.807) is 0 Å². The van der Waals surface area contributed by atoms with E-state index in [1.165, 1.54) is 5.56 Å². The molecule has 0 fully saturated rings. The maximum atomic E-state index is 10.4. The molecule has 0 radical (unpaired) electrons. The minimum Gasteiger partial charge on any atom is -0.481 e. The van der Waals surface area contributed by atoms with Crippen LogP contribution in [0.3, 0.4) is 0 Å². The Morgan fingerprint density at radius 2 is 1.94 bits per heavy atom. The third-order valence-electron chi connectivity index (χ3n) is 3.14. The molecule has 0 aliphatic carbocycles. The van der Waals surface area contributed by atoms with Crippen molar-refractivity contribution >= 4 is 5.97 Å². The average Bonchev–Trinajstić information content (AvgIpc) is 2.34. The standard InChI is InChI=1S/C15H23NO2/c1-12(2)14(13-7-4-3-5-8-13)11-16-10-6-9-15(17)18/h3-5,7-8,12,14,16H,6,9-11H2,1-2H3,(H,17,18). The third kappa shape index (κ3) is 5.32. The molecular weight excluding hydrogens is 226 g/mol. The molecule has 100 valence electrons. The van der Waals surface area contributed by atoms with Gasteiger partial charge < -0.3 is 10.4 Å². The Bertz CT molecular complexity index is 349. The fraction of sp³-hybridized carbons (Fsp3) is 0.533. The lowest BCUT2D eigenvalue weighted by molar-refractivity contribution is -0.137. The number of hydrogen-bond donors (Lipinski definition) is 2. The van der Waals surface area contributed by atoms with E-state index in [9.17, 15) is 4.79 Å². The lowest BCUT2D eigenvalue weighted by atomic mass is 9.88. The first kappa shape index (κ1) is 14.7. The summed E-state index contributed by atoms with van der Waals surface area (Å²) >= 11 is 0. The molecule has 0 bridgehead atoms. The maximum absolute atomic E-state index is 10.4. The first-order chi connectivity index (χ1) is 8.61. The van der Waals surface area contributed by atoms with Crippen LogP contribution in [0.25, 0.3) is 0 Å². The quantitative estimate of drug-likeness (QED) is 0.696. The zero-order chi connectivity index (χ0) is 13.4. The highest BCUT2D eigenvalue weighted by Crippen LogP contribution is 2.23. The Kier molecular flexibility index (Phi) is 6.44. The molecule has 1 aromatic rings. The van der Waals surface area contributed by atoms with Gasteiger partial charge in [0.25, 0.3) is 0 Å². The number of rotatable bonds is 8. The van der Waals surface area contributed by atoms with Gasteiger partial charge in [0.2, 0.25) is 0 Å². The van der Waals surface area contributed by atoms with Crippen molar-refractivity contribution < 1.29 is 9.90 Å². The van der Waals surface area contributed by atoms with E-state index in [1.807, 2.05) is 6.07 Å². The molecule has 0 spiro atoms. The zero-order valence-electron chi connectivity index (χ0n) is 11.2. The second-order valence-corrected chi connectivity index (χ2v) is 4.96. The van der Waals surface area contributed by atoms with Crippen molar-refractivity contribution in [3.8, 4) is 0 Å². The maximum Gasteiger partial charge on any atom is 0.303 e. The Hall–Kier alpha value is -1.35. The van der Waals surface area contributed by atoms with Crippen molar-refractivity contribution in [3.05, 3.63) is 35.9 Å². The monoisotopic (exact) mass is 249 g/mol. The van der Waals surface area contributed by atoms with Crippen molar-refractivity contribution in [3.63, 3.8) is 0 Å². The summed E-state index contributed by atoms with van der Waals surface area (Å²) < 4.78 is 0. The Labute approximate surface area is 109 Å². The second kappa shape index (κ2) is 7.88. The molecule has 0 saturated carbocycles. The van der Waals surface area contributed by atoms with E-state index in [2.05, 4.69) is 43.4 Å². The van der Waals surface area contributed by atoms with Crippen LogP contribution in [0.2, 0.25) is 0 Å². The van der Waals surface area contributed by atoms with Crippen LogP contribution in [-0.2, 0) is 4.79 Å². The molecule has 0 heterocycles. The van der Waals surface area contributed by atoms with Crippen LogP contribution in [0.15, 0.2) is 30.3 Å². The number of aliphatic carboxylic acids is 1. The van der Waals surface area contributed by atoms with Crippen LogP contribution in [0.5, 0.6) is 0 Å². The molecule has 3 nitrogen and oxygen atoms in total. The van der Waals surface area contributed by atoms with Gasteiger partial charge in [-0.15, -0.1) is 0 Å². The number of benzene rings is 1. The highest BCUT2D eigenvalue weighted by molar-refractivity contribution is 5.66. The molecule has 3 heteroatoms. The number of carboxylic acids is 1. The van der Waals surface area contributed by atoms with Gasteiger partial charge in [-0.2, -0.15) is 0 Å². The van der Waals surface area contributed by atoms with Gasteiger partial charge in [-0.1, -0.05) is 44.2 Å². The van der Waals surface area contributed by atoms with E-state index >= 15 is 0 Å². The summed E-state index contributed by atoms with van der Waals surface area (Å²) in [6.07, 6.45) is 0.930. The first-order valence-corrected chi connectivity index (χ1v) is 6.58. The summed E-state index contributed by atoms with van der Waals surface area (Å²) in [6.45, 7) is 6.11. The number of nitrogens with one attached hydrogen (secondary N) is 1. The molecule has 1 rings (SSSR count). The molecule has 18 heavy (non-hydrogen) atoms. The number of hydrogen-bond acceptors (Lipinski definition) is 2. The van der Waals surface area contributed by atoms with Crippen molar-refractivity contribution in [2.24, 2.45) is 5.92 Å². The molecule has 0 aliphatic heterocycles. The molecule has 1 atom stereocenters. The predicted octanol–water partition coefficient (Wildman–Crippen LogP) is 2.88. The van der Waals surface area contributed by atoms with Gasteiger partial charge in [0.15, 0.2) is 0 Å². The number of carbonyl (C=O) groups is 1. The van der Waals surface area contributed by atoms with Crippen LogP contribution >= 0.6 is 0 Å². The molecule has 0 amide bonds. The summed E-state index contributed by atoms with van der Waals surface area (Å²) in [5.74, 6) is 0.329. The lowest BCUT2D eigenvalue weighted by Crippen LogP contribution is -2.26. The lowest BCUT2D eigenvalue weighted by Gasteiger charge is -2.21. The Morgan fingerprint density at radius 1 is 1.28 bits per heavy atom. The first-order valence-electron chi connectivity index (χ1n) is 6.58. The molecule has 1 unspecified atom stereocenters. The van der Waals surface area contributed by atoms with Gasteiger partial charge in [-0.3, -0.25) is 4.79 Å². The van der Waals surface area contributed by atoms with Gasteiger partial charge in [-0.05, 0) is 30.4 Å². The summed E-state index contributed by atoms with van der Waals surface area (Å²) in [6, 6.07) is 10.5. The fourth-order valence-electron chi connectivity index (χ4n) is 2.06. The molecule has 0 aromatic heterocycles. The second-order valence-electron chi connectivity index (χ2n) is 4.96. The summed E-state index contributed by atoms with van der Waals surface area (Å²) in [7, 11) is 0. The summed E-state index contributed by atoms with van der Waals surface area (Å²) in [4.78, 5) is 10.4. The molecule has 0 aliphatic rings. The normalized spacial score (nSPS) is 12.6. The van der Waals surface area contributed by atoms with Crippen molar-refractivity contribution in [1.82, 2.24) is 5.32 Å². The predicted molar refractivity (Wildman–Crippen MR) is 73.8 cm³/mol. The van der Waals surface area contributed by atoms with Gasteiger partial charge >= 0.3 is 5.97 Å². The summed E-state index contributed by atoms with van der Waals surface area (Å²) in [5.41, 5.74) is 1.35.